The Morgan fingerprint density at radius 3 is 3.08 bits per heavy atom. The average molecular weight is 182 g/mol. The van der Waals surface area contributed by atoms with Crippen LogP contribution in [0.2, 0.25) is 0 Å². The van der Waals surface area contributed by atoms with Gasteiger partial charge in [-0.25, -0.2) is 0 Å². The van der Waals surface area contributed by atoms with E-state index in [9.17, 15) is 4.79 Å². The van der Waals surface area contributed by atoms with Crippen molar-refractivity contribution in [3.05, 3.63) is 18.5 Å². The smallest absolute Gasteiger partial charge is 0.327 e. The molecule has 0 radical (unpaired) electrons. The van der Waals surface area contributed by atoms with Crippen LogP contribution in [0.1, 0.15) is 19.8 Å². The third kappa shape index (κ3) is 3.73. The molecule has 1 aromatic heterocycles. The predicted octanol–water partition coefficient (Wildman–Crippen LogP) is 1.23. The van der Waals surface area contributed by atoms with E-state index in [1.807, 2.05) is 0 Å². The third-order valence-electron chi connectivity index (χ3n) is 1.61. The second kappa shape index (κ2) is 5.35. The number of aromatic nitrogens is 2. The van der Waals surface area contributed by atoms with Gasteiger partial charge >= 0.3 is 5.97 Å². The van der Waals surface area contributed by atoms with Gasteiger partial charge in [0, 0.05) is 12.4 Å². The molecular weight excluding hydrogens is 168 g/mol. The molecule has 0 N–H and O–H groups in total. The van der Waals surface area contributed by atoms with E-state index in [0.717, 1.165) is 12.8 Å². The molecule has 0 unspecified atom stereocenters. The first-order valence-corrected chi connectivity index (χ1v) is 4.46. The van der Waals surface area contributed by atoms with Crippen molar-refractivity contribution < 1.29 is 9.53 Å². The number of carbonyl (C=O) groups is 1. The maximum atomic E-state index is 11.1. The minimum atomic E-state index is -0.225. The van der Waals surface area contributed by atoms with Gasteiger partial charge in [-0.15, -0.1) is 0 Å². The minimum Gasteiger partial charge on any atom is -0.464 e. The number of hydrogen-bond acceptors (Lipinski definition) is 3. The molecule has 0 spiro atoms. The summed E-state index contributed by atoms with van der Waals surface area (Å²) in [6.45, 7) is 2.77. The Morgan fingerprint density at radius 2 is 2.46 bits per heavy atom. The summed E-state index contributed by atoms with van der Waals surface area (Å²) in [4.78, 5) is 11.1. The molecule has 1 heterocycles. The molecule has 0 aliphatic carbocycles. The molecule has 0 amide bonds. The van der Waals surface area contributed by atoms with Gasteiger partial charge in [-0.1, -0.05) is 13.3 Å². The van der Waals surface area contributed by atoms with Crippen molar-refractivity contribution in [3.8, 4) is 0 Å². The SMILES string of the molecule is CCCCOC(=O)Cn1cccn1. The first kappa shape index (κ1) is 9.77. The highest BCUT2D eigenvalue weighted by molar-refractivity contribution is 5.68. The van der Waals surface area contributed by atoms with E-state index in [-0.39, 0.29) is 12.5 Å². The van der Waals surface area contributed by atoms with Crippen LogP contribution >= 0.6 is 0 Å². The molecule has 0 bridgehead atoms. The zero-order valence-electron chi connectivity index (χ0n) is 7.77. The summed E-state index contributed by atoms with van der Waals surface area (Å²) in [5.74, 6) is -0.225. The van der Waals surface area contributed by atoms with Crippen LogP contribution in [-0.2, 0) is 16.1 Å². The molecule has 0 aliphatic rings. The first-order valence-electron chi connectivity index (χ1n) is 4.46. The fourth-order valence-corrected chi connectivity index (χ4v) is 0.902. The van der Waals surface area contributed by atoms with E-state index in [1.165, 1.54) is 0 Å². The van der Waals surface area contributed by atoms with Crippen molar-refractivity contribution >= 4 is 5.97 Å². The van der Waals surface area contributed by atoms with Gasteiger partial charge in [0.2, 0.25) is 0 Å². The molecule has 13 heavy (non-hydrogen) atoms. The molecule has 1 aromatic rings. The van der Waals surface area contributed by atoms with Gasteiger partial charge in [-0.2, -0.15) is 5.10 Å². The molecule has 0 atom stereocenters. The van der Waals surface area contributed by atoms with E-state index >= 15 is 0 Å². The molecule has 0 aliphatic heterocycles. The van der Waals surface area contributed by atoms with Crippen LogP contribution in [0.3, 0.4) is 0 Å². The van der Waals surface area contributed by atoms with Crippen molar-refractivity contribution in [2.24, 2.45) is 0 Å². The third-order valence-corrected chi connectivity index (χ3v) is 1.61. The Labute approximate surface area is 77.5 Å². The largest absolute Gasteiger partial charge is 0.464 e. The Morgan fingerprint density at radius 1 is 1.62 bits per heavy atom. The minimum absolute atomic E-state index is 0.205. The lowest BCUT2D eigenvalue weighted by Gasteiger charge is -2.03. The number of esters is 1. The van der Waals surface area contributed by atoms with Gasteiger partial charge in [0.15, 0.2) is 0 Å². The standard InChI is InChI=1S/C9H14N2O2/c1-2-3-7-13-9(12)8-11-6-4-5-10-11/h4-6H,2-3,7-8H2,1H3. The fourth-order valence-electron chi connectivity index (χ4n) is 0.902. The Bertz CT molecular complexity index is 244. The fraction of sp³-hybridized carbons (Fsp3) is 0.556. The van der Waals surface area contributed by atoms with Gasteiger partial charge in [0.25, 0.3) is 0 Å². The maximum Gasteiger partial charge on any atom is 0.327 e. The summed E-state index contributed by atoms with van der Waals surface area (Å²) in [7, 11) is 0. The lowest BCUT2D eigenvalue weighted by Crippen LogP contribution is -2.14. The number of rotatable bonds is 5. The van der Waals surface area contributed by atoms with Crippen LogP contribution < -0.4 is 0 Å². The Hall–Kier alpha value is -1.32. The summed E-state index contributed by atoms with van der Waals surface area (Å²) in [6, 6.07) is 1.78. The molecular formula is C9H14N2O2. The van der Waals surface area contributed by atoms with Crippen LogP contribution in [-0.4, -0.2) is 22.4 Å². The number of nitrogens with zero attached hydrogens (tertiary/aromatic N) is 2. The Balaban J connectivity index is 2.18. The number of unbranched alkanes of at least 4 members (excludes halogenated alkanes) is 1. The summed E-state index contributed by atoms with van der Waals surface area (Å²) in [5, 5.41) is 3.90. The zero-order valence-corrected chi connectivity index (χ0v) is 7.77. The van der Waals surface area contributed by atoms with Crippen molar-refractivity contribution in [2.45, 2.75) is 26.3 Å². The molecule has 1 rings (SSSR count). The van der Waals surface area contributed by atoms with E-state index < -0.39 is 0 Å². The molecule has 4 nitrogen and oxygen atoms in total. The van der Waals surface area contributed by atoms with Crippen molar-refractivity contribution in [3.63, 3.8) is 0 Å². The highest BCUT2D eigenvalue weighted by Gasteiger charge is 2.02. The van der Waals surface area contributed by atoms with Crippen LogP contribution in [0.4, 0.5) is 0 Å². The van der Waals surface area contributed by atoms with Gasteiger partial charge in [0.05, 0.1) is 6.61 Å². The van der Waals surface area contributed by atoms with E-state index in [4.69, 9.17) is 4.74 Å². The maximum absolute atomic E-state index is 11.1. The number of carbonyl (C=O) groups excluding carboxylic acids is 1. The highest BCUT2D eigenvalue weighted by Crippen LogP contribution is 1.91. The normalized spacial score (nSPS) is 9.92. The van der Waals surface area contributed by atoms with Crippen LogP contribution in [0.5, 0.6) is 0 Å². The number of hydrogen-bond donors (Lipinski definition) is 0. The summed E-state index contributed by atoms with van der Waals surface area (Å²) >= 11 is 0. The molecule has 72 valence electrons. The quantitative estimate of drug-likeness (QED) is 0.508. The van der Waals surface area contributed by atoms with Crippen molar-refractivity contribution in [2.75, 3.05) is 6.61 Å². The van der Waals surface area contributed by atoms with E-state index in [2.05, 4.69) is 12.0 Å². The van der Waals surface area contributed by atoms with Crippen LogP contribution in [0.15, 0.2) is 18.5 Å². The molecule has 4 heteroatoms. The van der Waals surface area contributed by atoms with Gasteiger partial charge in [-0.05, 0) is 12.5 Å². The number of ether oxygens (including phenoxy) is 1. The molecule has 0 aromatic carbocycles. The highest BCUT2D eigenvalue weighted by atomic mass is 16.5. The Kier molecular flexibility index (Phi) is 4.02. The second-order valence-electron chi connectivity index (χ2n) is 2.78. The summed E-state index contributed by atoms with van der Waals surface area (Å²) in [6.07, 6.45) is 5.33. The van der Waals surface area contributed by atoms with Gasteiger partial charge in [0.1, 0.15) is 6.54 Å². The lowest BCUT2D eigenvalue weighted by molar-refractivity contribution is -0.144. The van der Waals surface area contributed by atoms with E-state index in [1.54, 1.807) is 23.1 Å². The monoisotopic (exact) mass is 182 g/mol. The average Bonchev–Trinajstić information content (AvgIpc) is 2.57. The van der Waals surface area contributed by atoms with Crippen LogP contribution in [0, 0.1) is 0 Å². The topological polar surface area (TPSA) is 44.1 Å². The lowest BCUT2D eigenvalue weighted by atomic mass is 10.4. The van der Waals surface area contributed by atoms with E-state index in [0.29, 0.717) is 6.61 Å². The van der Waals surface area contributed by atoms with Crippen molar-refractivity contribution in [1.29, 1.82) is 0 Å². The summed E-state index contributed by atoms with van der Waals surface area (Å²) < 4.78 is 6.51. The second-order valence-corrected chi connectivity index (χ2v) is 2.78. The zero-order chi connectivity index (χ0) is 9.52. The predicted molar refractivity (Wildman–Crippen MR) is 48.1 cm³/mol. The van der Waals surface area contributed by atoms with Crippen molar-refractivity contribution in [1.82, 2.24) is 9.78 Å². The summed E-state index contributed by atoms with van der Waals surface area (Å²) in [5.41, 5.74) is 0. The first-order chi connectivity index (χ1) is 6.33. The van der Waals surface area contributed by atoms with Crippen LogP contribution in [0.25, 0.3) is 0 Å². The van der Waals surface area contributed by atoms with Gasteiger partial charge in [-0.3, -0.25) is 9.48 Å². The molecule has 0 saturated carbocycles. The van der Waals surface area contributed by atoms with Gasteiger partial charge < -0.3 is 4.74 Å². The molecule has 0 fully saturated rings. The molecule has 0 saturated heterocycles.